The predicted molar refractivity (Wildman–Crippen MR) is 78.0 cm³/mol. The maximum Gasteiger partial charge on any atom is 0.233 e. The predicted octanol–water partition coefficient (Wildman–Crippen LogP) is 1.94. The van der Waals surface area contributed by atoms with Crippen LogP contribution in [0.2, 0.25) is 0 Å². The third-order valence-electron chi connectivity index (χ3n) is 3.62. The molecule has 1 aliphatic carbocycles. The number of amides is 1. The highest BCUT2D eigenvalue weighted by Gasteiger charge is 2.52. The van der Waals surface area contributed by atoms with Crippen molar-refractivity contribution in [3.63, 3.8) is 0 Å². The van der Waals surface area contributed by atoms with Crippen molar-refractivity contribution in [2.75, 3.05) is 7.11 Å². The number of carbonyl (C=O) groups excluding carboxylic acids is 1. The topological polar surface area (TPSA) is 64.3 Å². The second-order valence-electron chi connectivity index (χ2n) is 4.91. The summed E-state index contributed by atoms with van der Waals surface area (Å²) in [5, 5.41) is 2.97. The van der Waals surface area contributed by atoms with E-state index in [-0.39, 0.29) is 11.9 Å². The van der Waals surface area contributed by atoms with Gasteiger partial charge in [0.25, 0.3) is 0 Å². The monoisotopic (exact) mass is 278 g/mol. The van der Waals surface area contributed by atoms with Gasteiger partial charge in [-0.15, -0.1) is 0 Å². The van der Waals surface area contributed by atoms with Gasteiger partial charge >= 0.3 is 0 Å². The number of nitrogens with two attached hydrogens (primary N) is 1. The minimum atomic E-state index is -0.601. The van der Waals surface area contributed by atoms with Gasteiger partial charge in [0.15, 0.2) is 0 Å². The third-order valence-corrected chi connectivity index (χ3v) is 4.01. The van der Waals surface area contributed by atoms with E-state index in [2.05, 4.69) is 5.32 Å². The van der Waals surface area contributed by atoms with E-state index in [1.165, 1.54) is 0 Å². The number of methoxy groups -OCH3 is 1. The summed E-state index contributed by atoms with van der Waals surface area (Å²) in [6.07, 6.45) is 1.51. The summed E-state index contributed by atoms with van der Waals surface area (Å²) in [6, 6.07) is 7.54. The lowest BCUT2D eigenvalue weighted by Crippen LogP contribution is -2.40. The molecule has 0 saturated heterocycles. The van der Waals surface area contributed by atoms with Crippen LogP contribution in [0.25, 0.3) is 0 Å². The molecule has 1 aliphatic rings. The molecule has 1 aromatic carbocycles. The van der Waals surface area contributed by atoms with Crippen LogP contribution in [0.15, 0.2) is 24.3 Å². The van der Waals surface area contributed by atoms with Crippen LogP contribution in [-0.4, -0.2) is 18.0 Å². The molecular weight excluding hydrogens is 260 g/mol. The fourth-order valence-corrected chi connectivity index (χ4v) is 2.32. The van der Waals surface area contributed by atoms with Gasteiger partial charge in [0.1, 0.15) is 5.75 Å². The van der Waals surface area contributed by atoms with Crippen LogP contribution < -0.4 is 15.8 Å². The first kappa shape index (κ1) is 13.8. The molecule has 0 radical (unpaired) electrons. The SMILES string of the molecule is COc1ccc(C(C)NC(=O)C2(C(N)=S)CC2)cc1. The summed E-state index contributed by atoms with van der Waals surface area (Å²) in [5.74, 6) is 0.729. The zero-order valence-electron chi connectivity index (χ0n) is 11.1. The zero-order valence-corrected chi connectivity index (χ0v) is 11.9. The molecule has 1 atom stereocenters. The van der Waals surface area contributed by atoms with Crippen molar-refractivity contribution in [1.29, 1.82) is 0 Å². The van der Waals surface area contributed by atoms with Gasteiger partial charge in [-0.1, -0.05) is 24.4 Å². The van der Waals surface area contributed by atoms with Crippen LogP contribution in [0.1, 0.15) is 31.4 Å². The van der Waals surface area contributed by atoms with E-state index < -0.39 is 5.41 Å². The lowest BCUT2D eigenvalue weighted by Gasteiger charge is -2.19. The average molecular weight is 278 g/mol. The summed E-state index contributed by atoms with van der Waals surface area (Å²) in [7, 11) is 1.62. The quantitative estimate of drug-likeness (QED) is 0.808. The maximum absolute atomic E-state index is 12.2. The first-order chi connectivity index (χ1) is 8.99. The van der Waals surface area contributed by atoms with E-state index in [9.17, 15) is 4.79 Å². The molecule has 0 aliphatic heterocycles. The van der Waals surface area contributed by atoms with Crippen LogP contribution in [0.5, 0.6) is 5.75 Å². The standard InChI is InChI=1S/C14H18N2O2S/c1-9(10-3-5-11(18-2)6-4-10)16-13(17)14(7-8-14)12(15)19/h3-6,9H,7-8H2,1-2H3,(H2,15,19)(H,16,17). The lowest BCUT2D eigenvalue weighted by atomic mass is 10.0. The van der Waals surface area contributed by atoms with Crippen LogP contribution in [0.4, 0.5) is 0 Å². The molecule has 0 bridgehead atoms. The van der Waals surface area contributed by atoms with Crippen molar-refractivity contribution in [3.05, 3.63) is 29.8 Å². The number of thiocarbonyl (C=S) groups is 1. The molecule has 2 rings (SSSR count). The Balaban J connectivity index is 2.02. The summed E-state index contributed by atoms with van der Waals surface area (Å²) in [5.41, 5.74) is 6.06. The van der Waals surface area contributed by atoms with Gasteiger partial charge in [-0.25, -0.2) is 0 Å². The molecule has 0 spiro atoms. The number of ether oxygens (including phenoxy) is 1. The van der Waals surface area contributed by atoms with Crippen LogP contribution in [-0.2, 0) is 4.79 Å². The van der Waals surface area contributed by atoms with Gasteiger partial charge in [-0.3, -0.25) is 4.79 Å². The maximum atomic E-state index is 12.2. The average Bonchev–Trinajstić information content (AvgIpc) is 3.20. The Hall–Kier alpha value is -1.62. The van der Waals surface area contributed by atoms with E-state index in [0.29, 0.717) is 4.99 Å². The number of carbonyl (C=O) groups is 1. The minimum absolute atomic E-state index is 0.0664. The zero-order chi connectivity index (χ0) is 14.0. The van der Waals surface area contributed by atoms with Gasteiger partial charge in [-0.05, 0) is 37.5 Å². The van der Waals surface area contributed by atoms with Gasteiger partial charge < -0.3 is 15.8 Å². The molecule has 0 heterocycles. The Morgan fingerprint density at radius 3 is 2.42 bits per heavy atom. The normalized spacial score (nSPS) is 17.4. The van der Waals surface area contributed by atoms with Gasteiger partial charge in [0.2, 0.25) is 5.91 Å². The molecule has 5 heteroatoms. The highest BCUT2D eigenvalue weighted by atomic mass is 32.1. The number of benzene rings is 1. The summed E-state index contributed by atoms with van der Waals surface area (Å²) in [4.78, 5) is 12.5. The third kappa shape index (κ3) is 2.71. The Morgan fingerprint density at radius 1 is 1.42 bits per heavy atom. The Morgan fingerprint density at radius 2 is 2.00 bits per heavy atom. The second-order valence-corrected chi connectivity index (χ2v) is 5.35. The molecule has 1 fully saturated rings. The van der Waals surface area contributed by atoms with Crippen molar-refractivity contribution in [3.8, 4) is 5.75 Å². The van der Waals surface area contributed by atoms with E-state index in [0.717, 1.165) is 24.2 Å². The Labute approximate surface area is 118 Å². The molecule has 3 N–H and O–H groups in total. The molecule has 1 aromatic rings. The lowest BCUT2D eigenvalue weighted by molar-refractivity contribution is -0.124. The van der Waals surface area contributed by atoms with Gasteiger partial charge in [-0.2, -0.15) is 0 Å². The van der Waals surface area contributed by atoms with Crippen LogP contribution in [0, 0.1) is 5.41 Å². The van der Waals surface area contributed by atoms with E-state index >= 15 is 0 Å². The molecular formula is C14H18N2O2S. The summed E-state index contributed by atoms with van der Waals surface area (Å²) < 4.78 is 5.10. The Kier molecular flexibility index (Phi) is 3.75. The summed E-state index contributed by atoms with van der Waals surface area (Å²) in [6.45, 7) is 1.94. The molecule has 102 valence electrons. The van der Waals surface area contributed by atoms with Crippen molar-refractivity contribution >= 4 is 23.1 Å². The van der Waals surface area contributed by atoms with E-state index in [4.69, 9.17) is 22.7 Å². The molecule has 1 unspecified atom stereocenters. The largest absolute Gasteiger partial charge is 0.497 e. The van der Waals surface area contributed by atoms with Crippen molar-refractivity contribution in [2.24, 2.45) is 11.1 Å². The Bertz CT molecular complexity index is 495. The number of rotatable bonds is 5. The fraction of sp³-hybridized carbons (Fsp3) is 0.429. The molecule has 19 heavy (non-hydrogen) atoms. The minimum Gasteiger partial charge on any atom is -0.497 e. The highest BCUT2D eigenvalue weighted by molar-refractivity contribution is 7.80. The first-order valence-corrected chi connectivity index (χ1v) is 6.65. The second kappa shape index (κ2) is 5.17. The van der Waals surface area contributed by atoms with E-state index in [1.807, 2.05) is 31.2 Å². The number of hydrogen-bond acceptors (Lipinski definition) is 3. The van der Waals surface area contributed by atoms with Gasteiger partial charge in [0, 0.05) is 0 Å². The highest BCUT2D eigenvalue weighted by Crippen LogP contribution is 2.46. The first-order valence-electron chi connectivity index (χ1n) is 6.24. The molecule has 4 nitrogen and oxygen atoms in total. The van der Waals surface area contributed by atoms with Crippen LogP contribution >= 0.6 is 12.2 Å². The van der Waals surface area contributed by atoms with Crippen LogP contribution in [0.3, 0.4) is 0 Å². The smallest absolute Gasteiger partial charge is 0.233 e. The van der Waals surface area contributed by atoms with Crippen molar-refractivity contribution in [1.82, 2.24) is 5.32 Å². The van der Waals surface area contributed by atoms with Gasteiger partial charge in [0.05, 0.1) is 23.6 Å². The molecule has 1 amide bonds. The summed E-state index contributed by atoms with van der Waals surface area (Å²) >= 11 is 4.97. The molecule has 0 aromatic heterocycles. The number of nitrogens with one attached hydrogen (secondary N) is 1. The van der Waals surface area contributed by atoms with E-state index in [1.54, 1.807) is 7.11 Å². The fourth-order valence-electron chi connectivity index (χ4n) is 2.02. The van der Waals surface area contributed by atoms with Crippen molar-refractivity contribution in [2.45, 2.75) is 25.8 Å². The molecule has 1 saturated carbocycles. The number of hydrogen-bond donors (Lipinski definition) is 2. The van der Waals surface area contributed by atoms with Crippen molar-refractivity contribution < 1.29 is 9.53 Å².